The Morgan fingerprint density at radius 3 is 2.48 bits per heavy atom. The Labute approximate surface area is 162 Å². The molecule has 0 unspecified atom stereocenters. The number of nitrogens with zero attached hydrogens (tertiary/aromatic N) is 3. The minimum atomic E-state index is 0.0155. The molecule has 6 nitrogen and oxygen atoms in total. The predicted octanol–water partition coefficient (Wildman–Crippen LogP) is 1.03. The molecule has 1 aromatic rings. The van der Waals surface area contributed by atoms with E-state index in [9.17, 15) is 9.59 Å². The van der Waals surface area contributed by atoms with E-state index in [0.29, 0.717) is 24.9 Å². The van der Waals surface area contributed by atoms with Crippen molar-refractivity contribution in [3.05, 3.63) is 35.9 Å². The third-order valence-electron chi connectivity index (χ3n) is 5.86. The second-order valence-corrected chi connectivity index (χ2v) is 8.12. The normalized spacial score (nSPS) is 24.9. The molecule has 2 heterocycles. The van der Waals surface area contributed by atoms with Crippen molar-refractivity contribution in [1.82, 2.24) is 20.0 Å². The highest BCUT2D eigenvalue weighted by atomic mass is 16.2. The molecule has 0 radical (unpaired) electrons. The lowest BCUT2D eigenvalue weighted by Gasteiger charge is -2.46. The van der Waals surface area contributed by atoms with Crippen LogP contribution in [0.4, 0.5) is 0 Å². The molecule has 2 atom stereocenters. The van der Waals surface area contributed by atoms with Crippen molar-refractivity contribution in [1.29, 1.82) is 0 Å². The lowest BCUT2D eigenvalue weighted by molar-refractivity contribution is -0.143. The van der Waals surface area contributed by atoms with Crippen molar-refractivity contribution in [3.8, 4) is 0 Å². The van der Waals surface area contributed by atoms with Crippen LogP contribution in [0.25, 0.3) is 0 Å². The minimum absolute atomic E-state index is 0.0155. The summed E-state index contributed by atoms with van der Waals surface area (Å²) in [6.07, 6.45) is 0. The van der Waals surface area contributed by atoms with Crippen LogP contribution in [-0.2, 0) is 16.1 Å². The smallest absolute Gasteiger partial charge is 0.242 e. The van der Waals surface area contributed by atoms with Gasteiger partial charge in [-0.05, 0) is 17.4 Å². The molecular weight excluding hydrogens is 340 g/mol. The molecule has 1 aromatic carbocycles. The van der Waals surface area contributed by atoms with E-state index < -0.39 is 0 Å². The average molecular weight is 373 g/mol. The fourth-order valence-electron chi connectivity index (χ4n) is 4.65. The molecule has 1 N–H and O–H groups in total. The second kappa shape index (κ2) is 8.85. The zero-order valence-electron chi connectivity index (χ0n) is 16.7. The summed E-state index contributed by atoms with van der Waals surface area (Å²) in [5.41, 5.74) is 1.33. The Hall–Kier alpha value is -1.92. The van der Waals surface area contributed by atoms with E-state index >= 15 is 0 Å². The topological polar surface area (TPSA) is 55.9 Å². The van der Waals surface area contributed by atoms with Crippen LogP contribution in [0.2, 0.25) is 0 Å². The molecule has 0 aromatic heterocycles. The summed E-state index contributed by atoms with van der Waals surface area (Å²) in [6.45, 7) is 9.28. The Morgan fingerprint density at radius 1 is 1.19 bits per heavy atom. The number of benzene rings is 1. The highest BCUT2D eigenvalue weighted by Crippen LogP contribution is 2.27. The third kappa shape index (κ3) is 4.87. The van der Waals surface area contributed by atoms with Gasteiger partial charge in [0, 0.05) is 45.8 Å². The number of nitrogens with one attached hydrogen (secondary N) is 1. The average Bonchev–Trinajstić information content (AvgIpc) is 2.63. The van der Waals surface area contributed by atoms with Gasteiger partial charge in [0.2, 0.25) is 11.8 Å². The van der Waals surface area contributed by atoms with Gasteiger partial charge in [0.05, 0.1) is 13.1 Å². The second-order valence-electron chi connectivity index (χ2n) is 8.12. The van der Waals surface area contributed by atoms with Gasteiger partial charge in [-0.1, -0.05) is 44.2 Å². The largest absolute Gasteiger partial charge is 0.341 e. The summed E-state index contributed by atoms with van der Waals surface area (Å²) in [5.74, 6) is 0.850. The SMILES string of the molecule is C[C@@H]1CN(Cc2ccccc2)C[C@@H](C)C1N(C)C(=O)CN1CCNCC1=O. The Bertz CT molecular complexity index is 639. The molecular formula is C21H32N4O2. The monoisotopic (exact) mass is 372 g/mol. The number of likely N-dealkylation sites (tertiary alicyclic amines) is 1. The number of carbonyl (C=O) groups is 2. The maximum atomic E-state index is 12.8. The van der Waals surface area contributed by atoms with Gasteiger partial charge in [0.15, 0.2) is 0 Å². The zero-order valence-corrected chi connectivity index (χ0v) is 16.7. The van der Waals surface area contributed by atoms with Gasteiger partial charge in [0.1, 0.15) is 0 Å². The van der Waals surface area contributed by atoms with E-state index in [2.05, 4.69) is 48.3 Å². The molecule has 3 rings (SSSR count). The van der Waals surface area contributed by atoms with Crippen LogP contribution in [0.1, 0.15) is 19.4 Å². The summed E-state index contributed by atoms with van der Waals surface area (Å²) in [7, 11) is 1.90. The number of hydrogen-bond donors (Lipinski definition) is 1. The molecule has 148 valence electrons. The Kier molecular flexibility index (Phi) is 6.50. The van der Waals surface area contributed by atoms with E-state index in [1.807, 2.05) is 18.0 Å². The maximum Gasteiger partial charge on any atom is 0.242 e. The van der Waals surface area contributed by atoms with Crippen LogP contribution in [0.5, 0.6) is 0 Å². The molecule has 2 aliphatic rings. The summed E-state index contributed by atoms with van der Waals surface area (Å²) in [5, 5.41) is 3.05. The number of amides is 2. The van der Waals surface area contributed by atoms with E-state index in [1.54, 1.807) is 4.90 Å². The third-order valence-corrected chi connectivity index (χ3v) is 5.86. The standard InChI is InChI=1S/C21H32N4O2/c1-16-12-24(14-18-7-5-4-6-8-18)13-17(2)21(16)23(3)20(27)15-25-10-9-22-11-19(25)26/h4-8,16-17,21-22H,9-15H2,1-3H3/t16-,17-/m1/s1. The number of hydrogen-bond acceptors (Lipinski definition) is 4. The van der Waals surface area contributed by atoms with E-state index in [-0.39, 0.29) is 24.4 Å². The number of piperidine rings is 1. The van der Waals surface area contributed by atoms with Gasteiger partial charge in [-0.25, -0.2) is 0 Å². The van der Waals surface area contributed by atoms with Crippen molar-refractivity contribution in [2.75, 3.05) is 46.3 Å². The van der Waals surface area contributed by atoms with Gasteiger partial charge in [0.25, 0.3) is 0 Å². The van der Waals surface area contributed by atoms with Crippen molar-refractivity contribution in [3.63, 3.8) is 0 Å². The van der Waals surface area contributed by atoms with Crippen molar-refractivity contribution >= 4 is 11.8 Å². The van der Waals surface area contributed by atoms with Crippen LogP contribution in [0, 0.1) is 11.8 Å². The van der Waals surface area contributed by atoms with Crippen LogP contribution in [0.15, 0.2) is 30.3 Å². The number of likely N-dealkylation sites (N-methyl/N-ethyl adjacent to an activating group) is 1. The lowest BCUT2D eigenvalue weighted by Crippen LogP contribution is -2.57. The van der Waals surface area contributed by atoms with E-state index in [1.165, 1.54) is 5.56 Å². The Morgan fingerprint density at radius 2 is 1.85 bits per heavy atom. The van der Waals surface area contributed by atoms with Crippen LogP contribution in [-0.4, -0.2) is 78.9 Å². The van der Waals surface area contributed by atoms with E-state index in [0.717, 1.165) is 26.2 Å². The molecule has 2 amide bonds. The van der Waals surface area contributed by atoms with Gasteiger partial charge in [-0.15, -0.1) is 0 Å². The summed E-state index contributed by atoms with van der Waals surface area (Å²) >= 11 is 0. The molecule has 6 heteroatoms. The lowest BCUT2D eigenvalue weighted by atomic mass is 9.84. The molecule has 0 aliphatic carbocycles. The highest BCUT2D eigenvalue weighted by molar-refractivity contribution is 5.86. The summed E-state index contributed by atoms with van der Waals surface area (Å²) < 4.78 is 0. The van der Waals surface area contributed by atoms with Gasteiger partial charge < -0.3 is 15.1 Å². The minimum Gasteiger partial charge on any atom is -0.341 e. The molecule has 0 bridgehead atoms. The maximum absolute atomic E-state index is 12.8. The number of piperazine rings is 1. The summed E-state index contributed by atoms with van der Waals surface area (Å²) in [6, 6.07) is 10.8. The summed E-state index contributed by atoms with van der Waals surface area (Å²) in [4.78, 5) is 30.8. The first kappa shape index (κ1) is 19.8. The first-order valence-corrected chi connectivity index (χ1v) is 9.96. The first-order chi connectivity index (χ1) is 13.0. The van der Waals surface area contributed by atoms with Crippen LogP contribution >= 0.6 is 0 Å². The Balaban J connectivity index is 1.57. The van der Waals surface area contributed by atoms with Gasteiger partial charge in [-0.3, -0.25) is 14.5 Å². The quantitative estimate of drug-likeness (QED) is 0.839. The van der Waals surface area contributed by atoms with Crippen molar-refractivity contribution in [2.45, 2.75) is 26.4 Å². The van der Waals surface area contributed by atoms with Crippen molar-refractivity contribution in [2.24, 2.45) is 11.8 Å². The zero-order chi connectivity index (χ0) is 19.4. The van der Waals surface area contributed by atoms with Crippen LogP contribution < -0.4 is 5.32 Å². The number of rotatable bonds is 5. The highest BCUT2D eigenvalue weighted by Gasteiger charge is 2.37. The van der Waals surface area contributed by atoms with E-state index in [4.69, 9.17) is 0 Å². The fraction of sp³-hybridized carbons (Fsp3) is 0.619. The fourth-order valence-corrected chi connectivity index (χ4v) is 4.65. The van der Waals surface area contributed by atoms with Crippen molar-refractivity contribution < 1.29 is 9.59 Å². The number of carbonyl (C=O) groups excluding carboxylic acids is 2. The molecule has 27 heavy (non-hydrogen) atoms. The molecule has 0 spiro atoms. The molecule has 2 saturated heterocycles. The van der Waals surface area contributed by atoms with Gasteiger partial charge in [-0.2, -0.15) is 0 Å². The van der Waals surface area contributed by atoms with Crippen LogP contribution in [0.3, 0.4) is 0 Å². The molecule has 2 aliphatic heterocycles. The van der Waals surface area contributed by atoms with Gasteiger partial charge >= 0.3 is 0 Å². The predicted molar refractivity (Wildman–Crippen MR) is 106 cm³/mol. The molecule has 0 saturated carbocycles. The first-order valence-electron chi connectivity index (χ1n) is 9.96. The molecule has 2 fully saturated rings.